The van der Waals surface area contributed by atoms with Gasteiger partial charge in [0.25, 0.3) is 0 Å². The smallest absolute Gasteiger partial charge is 0.0667 e. The van der Waals surface area contributed by atoms with Gasteiger partial charge in [0.1, 0.15) is 0 Å². The summed E-state index contributed by atoms with van der Waals surface area (Å²) in [6, 6.07) is 4.20. The number of hydrogen-bond acceptors (Lipinski definition) is 3. The van der Waals surface area contributed by atoms with Gasteiger partial charge in [-0.15, -0.1) is 11.3 Å². The summed E-state index contributed by atoms with van der Waals surface area (Å²) in [5.74, 6) is 0. The monoisotopic (exact) mass is 185 g/mol. The Labute approximate surface area is 77.6 Å². The highest BCUT2D eigenvalue weighted by Crippen LogP contribution is 2.07. The first-order valence-corrected chi connectivity index (χ1v) is 4.97. The van der Waals surface area contributed by atoms with Crippen LogP contribution in [0.1, 0.15) is 11.8 Å². The Kier molecular flexibility index (Phi) is 4.29. The SMILES string of the molecule is COC(C)CNCc1cccs1. The van der Waals surface area contributed by atoms with Gasteiger partial charge in [-0.3, -0.25) is 0 Å². The third kappa shape index (κ3) is 3.34. The third-order valence-corrected chi connectivity index (χ3v) is 2.59. The summed E-state index contributed by atoms with van der Waals surface area (Å²) in [5, 5.41) is 5.42. The summed E-state index contributed by atoms with van der Waals surface area (Å²) < 4.78 is 5.11. The molecule has 1 aromatic rings. The number of methoxy groups -OCH3 is 1. The average molecular weight is 185 g/mol. The van der Waals surface area contributed by atoms with Crippen molar-refractivity contribution in [3.8, 4) is 0 Å². The summed E-state index contributed by atoms with van der Waals surface area (Å²) in [5.41, 5.74) is 0. The fraction of sp³-hybridized carbons (Fsp3) is 0.556. The molecular weight excluding hydrogens is 170 g/mol. The van der Waals surface area contributed by atoms with E-state index in [4.69, 9.17) is 4.74 Å². The van der Waals surface area contributed by atoms with Crippen LogP contribution in [0.2, 0.25) is 0 Å². The Morgan fingerprint density at radius 1 is 1.67 bits per heavy atom. The van der Waals surface area contributed by atoms with E-state index in [-0.39, 0.29) is 0 Å². The van der Waals surface area contributed by atoms with Crippen molar-refractivity contribution < 1.29 is 4.74 Å². The van der Waals surface area contributed by atoms with Crippen molar-refractivity contribution in [2.24, 2.45) is 0 Å². The summed E-state index contributed by atoms with van der Waals surface area (Å²) in [6.07, 6.45) is 0.296. The highest BCUT2D eigenvalue weighted by atomic mass is 32.1. The molecule has 1 rings (SSSR count). The van der Waals surface area contributed by atoms with Gasteiger partial charge < -0.3 is 10.1 Å². The largest absolute Gasteiger partial charge is 0.380 e. The Morgan fingerprint density at radius 3 is 3.08 bits per heavy atom. The molecule has 0 bridgehead atoms. The highest BCUT2D eigenvalue weighted by molar-refractivity contribution is 7.09. The molecule has 0 amide bonds. The van der Waals surface area contributed by atoms with Gasteiger partial charge in [-0.25, -0.2) is 0 Å². The van der Waals surface area contributed by atoms with Gasteiger partial charge in [-0.05, 0) is 18.4 Å². The predicted molar refractivity (Wildman–Crippen MR) is 52.5 cm³/mol. The molecule has 0 saturated carbocycles. The minimum atomic E-state index is 0.296. The number of nitrogens with one attached hydrogen (secondary N) is 1. The van der Waals surface area contributed by atoms with E-state index in [0.717, 1.165) is 13.1 Å². The zero-order chi connectivity index (χ0) is 8.81. The molecule has 0 saturated heterocycles. The van der Waals surface area contributed by atoms with Crippen molar-refractivity contribution >= 4 is 11.3 Å². The topological polar surface area (TPSA) is 21.3 Å². The minimum absolute atomic E-state index is 0.296. The second-order valence-corrected chi connectivity index (χ2v) is 3.79. The number of hydrogen-bond donors (Lipinski definition) is 1. The Balaban J connectivity index is 2.11. The maximum atomic E-state index is 5.11. The second-order valence-electron chi connectivity index (χ2n) is 2.76. The summed E-state index contributed by atoms with van der Waals surface area (Å²) >= 11 is 1.78. The van der Waals surface area contributed by atoms with E-state index in [1.165, 1.54) is 4.88 Å². The van der Waals surface area contributed by atoms with Gasteiger partial charge in [0.15, 0.2) is 0 Å². The van der Waals surface area contributed by atoms with E-state index in [1.54, 1.807) is 18.4 Å². The highest BCUT2D eigenvalue weighted by Gasteiger charge is 1.98. The van der Waals surface area contributed by atoms with E-state index in [1.807, 2.05) is 0 Å². The first-order valence-electron chi connectivity index (χ1n) is 4.09. The first kappa shape index (κ1) is 9.71. The third-order valence-electron chi connectivity index (χ3n) is 1.71. The van der Waals surface area contributed by atoms with E-state index >= 15 is 0 Å². The average Bonchev–Trinajstić information content (AvgIpc) is 2.57. The molecule has 0 aliphatic heterocycles. The van der Waals surface area contributed by atoms with E-state index in [0.29, 0.717) is 6.10 Å². The minimum Gasteiger partial charge on any atom is -0.380 e. The first-order chi connectivity index (χ1) is 5.83. The van der Waals surface area contributed by atoms with Gasteiger partial charge in [-0.1, -0.05) is 6.07 Å². The van der Waals surface area contributed by atoms with Crippen molar-refractivity contribution in [1.29, 1.82) is 0 Å². The van der Waals surface area contributed by atoms with Crippen molar-refractivity contribution in [3.63, 3.8) is 0 Å². The van der Waals surface area contributed by atoms with Gasteiger partial charge in [0.2, 0.25) is 0 Å². The molecule has 68 valence electrons. The zero-order valence-corrected chi connectivity index (χ0v) is 8.36. The molecule has 0 aromatic carbocycles. The van der Waals surface area contributed by atoms with Crippen LogP contribution in [-0.2, 0) is 11.3 Å². The zero-order valence-electron chi connectivity index (χ0n) is 7.54. The van der Waals surface area contributed by atoms with Gasteiger partial charge in [0, 0.05) is 25.1 Å². The standard InChI is InChI=1S/C9H15NOS/c1-8(11-2)6-10-7-9-4-3-5-12-9/h3-5,8,10H,6-7H2,1-2H3. The molecule has 0 fully saturated rings. The van der Waals surface area contributed by atoms with Crippen LogP contribution in [0.25, 0.3) is 0 Å². The van der Waals surface area contributed by atoms with Crippen molar-refractivity contribution in [1.82, 2.24) is 5.32 Å². The van der Waals surface area contributed by atoms with E-state index in [2.05, 4.69) is 29.8 Å². The van der Waals surface area contributed by atoms with Crippen LogP contribution in [0.15, 0.2) is 17.5 Å². The maximum absolute atomic E-state index is 5.11. The van der Waals surface area contributed by atoms with Crippen molar-refractivity contribution in [3.05, 3.63) is 22.4 Å². The normalized spacial score (nSPS) is 13.2. The van der Waals surface area contributed by atoms with Crippen LogP contribution >= 0.6 is 11.3 Å². The lowest BCUT2D eigenvalue weighted by molar-refractivity contribution is 0.117. The number of thiophene rings is 1. The Hall–Kier alpha value is -0.380. The van der Waals surface area contributed by atoms with Gasteiger partial charge in [0.05, 0.1) is 6.10 Å². The molecule has 1 N–H and O–H groups in total. The van der Waals surface area contributed by atoms with Crippen molar-refractivity contribution in [2.75, 3.05) is 13.7 Å². The lowest BCUT2D eigenvalue weighted by Crippen LogP contribution is -2.25. The fourth-order valence-electron chi connectivity index (χ4n) is 0.895. The Morgan fingerprint density at radius 2 is 2.50 bits per heavy atom. The molecule has 2 nitrogen and oxygen atoms in total. The Bertz CT molecular complexity index is 198. The quantitative estimate of drug-likeness (QED) is 0.756. The van der Waals surface area contributed by atoms with Crippen LogP contribution in [0.3, 0.4) is 0 Å². The van der Waals surface area contributed by atoms with Crippen LogP contribution in [0, 0.1) is 0 Å². The fourth-order valence-corrected chi connectivity index (χ4v) is 1.57. The van der Waals surface area contributed by atoms with Crippen LogP contribution < -0.4 is 5.32 Å². The van der Waals surface area contributed by atoms with Gasteiger partial charge in [-0.2, -0.15) is 0 Å². The molecule has 3 heteroatoms. The van der Waals surface area contributed by atoms with Crippen LogP contribution in [-0.4, -0.2) is 19.8 Å². The predicted octanol–water partition coefficient (Wildman–Crippen LogP) is 1.87. The lowest BCUT2D eigenvalue weighted by Gasteiger charge is -2.09. The maximum Gasteiger partial charge on any atom is 0.0667 e. The second kappa shape index (κ2) is 5.30. The van der Waals surface area contributed by atoms with Crippen LogP contribution in [0.5, 0.6) is 0 Å². The molecule has 1 unspecified atom stereocenters. The van der Waals surface area contributed by atoms with Crippen molar-refractivity contribution in [2.45, 2.75) is 19.6 Å². The molecular formula is C9H15NOS. The summed E-state index contributed by atoms with van der Waals surface area (Å²) in [6.45, 7) is 3.92. The summed E-state index contributed by atoms with van der Waals surface area (Å²) in [4.78, 5) is 1.37. The number of ether oxygens (including phenoxy) is 1. The molecule has 0 spiro atoms. The molecule has 0 aliphatic carbocycles. The van der Waals surface area contributed by atoms with E-state index in [9.17, 15) is 0 Å². The summed E-state index contributed by atoms with van der Waals surface area (Å²) in [7, 11) is 1.73. The molecule has 1 heterocycles. The lowest BCUT2D eigenvalue weighted by atomic mass is 10.4. The molecule has 0 radical (unpaired) electrons. The van der Waals surface area contributed by atoms with Gasteiger partial charge >= 0.3 is 0 Å². The molecule has 0 aliphatic rings. The van der Waals surface area contributed by atoms with Crippen LogP contribution in [0.4, 0.5) is 0 Å². The molecule has 1 aromatic heterocycles. The number of rotatable bonds is 5. The molecule has 12 heavy (non-hydrogen) atoms. The molecule has 1 atom stereocenters. The van der Waals surface area contributed by atoms with E-state index < -0.39 is 0 Å².